The van der Waals surface area contributed by atoms with E-state index in [1.807, 2.05) is 27.7 Å². The molecule has 1 N–H and O–H groups in total. The van der Waals surface area contributed by atoms with E-state index >= 15 is 0 Å². The molecule has 2 aliphatic rings. The third kappa shape index (κ3) is 11.0. The number of aliphatic carboxylic acids is 1. The van der Waals surface area contributed by atoms with E-state index in [9.17, 15) is 24.3 Å². The fourth-order valence-electron chi connectivity index (χ4n) is 5.61. The second-order valence-corrected chi connectivity index (χ2v) is 16.6. The Balaban J connectivity index is 2.32. The van der Waals surface area contributed by atoms with Gasteiger partial charge in [0.2, 0.25) is 0 Å². The van der Waals surface area contributed by atoms with Gasteiger partial charge in [-0.3, -0.25) is 9.69 Å². The van der Waals surface area contributed by atoms with Crippen LogP contribution in [0, 0.1) is 0 Å². The Morgan fingerprint density at radius 1 is 0.826 bits per heavy atom. The number of amides is 2. The van der Waals surface area contributed by atoms with Gasteiger partial charge in [-0.25, -0.2) is 14.4 Å². The molecular formula is C33H59BN2O10. The van der Waals surface area contributed by atoms with Gasteiger partial charge in [0, 0.05) is 25.9 Å². The average Bonchev–Trinajstić information content (AvgIpc) is 3.30. The van der Waals surface area contributed by atoms with Crippen LogP contribution in [0.3, 0.4) is 0 Å². The molecule has 0 spiro atoms. The fourth-order valence-corrected chi connectivity index (χ4v) is 5.61. The van der Waals surface area contributed by atoms with Crippen molar-refractivity contribution in [2.24, 2.45) is 0 Å². The van der Waals surface area contributed by atoms with Crippen molar-refractivity contribution >= 4 is 31.2 Å². The number of nitrogens with zero attached hydrogens (tertiary/aromatic N) is 2. The molecule has 0 aromatic rings. The van der Waals surface area contributed by atoms with Gasteiger partial charge in [-0.1, -0.05) is 12.8 Å². The molecule has 0 unspecified atom stereocenters. The van der Waals surface area contributed by atoms with Crippen LogP contribution >= 0.6 is 0 Å². The number of likely N-dealkylation sites (tertiary alicyclic amines) is 1. The van der Waals surface area contributed by atoms with Crippen LogP contribution in [-0.4, -0.2) is 98.8 Å². The molecule has 2 atom stereocenters. The zero-order valence-electron chi connectivity index (χ0n) is 30.5. The van der Waals surface area contributed by atoms with Crippen LogP contribution in [0.2, 0.25) is 6.32 Å². The highest BCUT2D eigenvalue weighted by Gasteiger charge is 2.56. The zero-order chi connectivity index (χ0) is 35.5. The molecule has 0 radical (unpaired) electrons. The number of ether oxygens (including phenoxy) is 3. The maximum absolute atomic E-state index is 13.6. The first-order chi connectivity index (χ1) is 20.7. The predicted octanol–water partition coefficient (Wildman–Crippen LogP) is 6.44. The van der Waals surface area contributed by atoms with Gasteiger partial charge in [-0.05, 0) is 109 Å². The predicted molar refractivity (Wildman–Crippen MR) is 174 cm³/mol. The second kappa shape index (κ2) is 14.3. The molecule has 264 valence electrons. The number of rotatable bonds is 11. The average molecular weight is 655 g/mol. The van der Waals surface area contributed by atoms with Crippen molar-refractivity contribution in [2.45, 2.75) is 174 Å². The van der Waals surface area contributed by atoms with Crippen LogP contribution in [-0.2, 0) is 33.1 Å². The number of carbonyl (C=O) groups is 4. The van der Waals surface area contributed by atoms with E-state index in [1.54, 1.807) is 62.3 Å². The first-order valence-corrected chi connectivity index (χ1v) is 16.5. The van der Waals surface area contributed by atoms with Crippen LogP contribution in [0.25, 0.3) is 0 Å². The minimum absolute atomic E-state index is 0.0241. The number of carboxylic acids is 1. The largest absolute Gasteiger partial charge is 0.479 e. The molecule has 2 amide bonds. The smallest absolute Gasteiger partial charge is 0.457 e. The number of carboxylic acid groups (broad SMARTS) is 1. The third-order valence-corrected chi connectivity index (χ3v) is 8.35. The fraction of sp³-hybridized carbons (Fsp3) is 0.879. The summed E-state index contributed by atoms with van der Waals surface area (Å²) in [4.78, 5) is 55.4. The second-order valence-electron chi connectivity index (χ2n) is 16.6. The summed E-state index contributed by atoms with van der Waals surface area (Å²) in [6.45, 7) is 23.7. The Labute approximate surface area is 276 Å². The normalized spacial score (nSPS) is 22.8. The monoisotopic (exact) mass is 654 g/mol. The molecule has 2 aliphatic heterocycles. The van der Waals surface area contributed by atoms with E-state index in [0.717, 1.165) is 0 Å². The number of unbranched alkanes of at least 4 members (excludes halogenated alkanes) is 1. The Morgan fingerprint density at radius 3 is 1.83 bits per heavy atom. The topological polar surface area (TPSA) is 141 Å². The first-order valence-electron chi connectivity index (χ1n) is 16.5. The van der Waals surface area contributed by atoms with Crippen molar-refractivity contribution in [1.29, 1.82) is 0 Å². The number of carbonyl (C=O) groups excluding carboxylic acids is 3. The van der Waals surface area contributed by atoms with E-state index in [-0.39, 0.29) is 38.8 Å². The highest BCUT2D eigenvalue weighted by atomic mass is 16.7. The van der Waals surface area contributed by atoms with Crippen LogP contribution in [0.1, 0.15) is 129 Å². The van der Waals surface area contributed by atoms with Gasteiger partial charge >= 0.3 is 31.2 Å². The van der Waals surface area contributed by atoms with Gasteiger partial charge in [-0.2, -0.15) is 0 Å². The van der Waals surface area contributed by atoms with Crippen molar-refractivity contribution in [3.05, 3.63) is 0 Å². The Bertz CT molecular complexity index is 1090. The van der Waals surface area contributed by atoms with Gasteiger partial charge in [0.1, 0.15) is 22.3 Å². The lowest BCUT2D eigenvalue weighted by atomic mass is 9.80. The zero-order valence-corrected chi connectivity index (χ0v) is 30.5. The SMILES string of the molecule is CC(C)(C)OC(=O)CCCN(C(=O)OC(C)(C)C)[C@H]1CN(C(=O)OC(C)(C)C)[C@@](CCCCB2OC(C)(C)C(C)(C)O2)(C(=O)O)C1. The molecule has 0 saturated carbocycles. The number of hydrogen-bond acceptors (Lipinski definition) is 9. The summed E-state index contributed by atoms with van der Waals surface area (Å²) in [5, 5.41) is 10.7. The lowest BCUT2D eigenvalue weighted by molar-refractivity contribution is -0.155. The molecule has 12 nitrogen and oxygen atoms in total. The summed E-state index contributed by atoms with van der Waals surface area (Å²) in [6.07, 6.45) is 0.661. The van der Waals surface area contributed by atoms with Crippen molar-refractivity contribution in [1.82, 2.24) is 9.80 Å². The van der Waals surface area contributed by atoms with Crippen molar-refractivity contribution in [3.8, 4) is 0 Å². The quantitative estimate of drug-likeness (QED) is 0.115. The molecule has 13 heteroatoms. The number of hydrogen-bond donors (Lipinski definition) is 1. The molecule has 2 fully saturated rings. The lowest BCUT2D eigenvalue weighted by Gasteiger charge is -2.35. The molecule has 0 aromatic carbocycles. The molecule has 2 heterocycles. The lowest BCUT2D eigenvalue weighted by Crippen LogP contribution is -2.54. The van der Waals surface area contributed by atoms with E-state index < -0.39 is 70.8 Å². The molecule has 0 aliphatic carbocycles. The standard InChI is InChI=1S/C33H59BN2O10/c1-28(2,3)42-24(37)17-16-20-35(26(40)43-29(4,5)6)23-21-33(25(38)39,36(22-23)27(41)44-30(7,8)9)18-14-15-19-34-45-31(10,11)32(12,13)46-34/h23H,14-22H2,1-13H3,(H,38,39)/t23-,33-/m1/s1. The molecule has 0 aromatic heterocycles. The van der Waals surface area contributed by atoms with Crippen LogP contribution in [0.5, 0.6) is 0 Å². The minimum atomic E-state index is -1.63. The summed E-state index contributed by atoms with van der Waals surface area (Å²) in [6, 6.07) is -0.694. The minimum Gasteiger partial charge on any atom is -0.479 e. The van der Waals surface area contributed by atoms with Crippen LogP contribution in [0.4, 0.5) is 9.59 Å². The van der Waals surface area contributed by atoms with Crippen molar-refractivity contribution in [3.63, 3.8) is 0 Å². The summed E-state index contributed by atoms with van der Waals surface area (Å²) in [5.74, 6) is -1.57. The summed E-state index contributed by atoms with van der Waals surface area (Å²) >= 11 is 0. The first kappa shape index (κ1) is 39.6. The van der Waals surface area contributed by atoms with E-state index in [4.69, 9.17) is 23.5 Å². The van der Waals surface area contributed by atoms with Crippen molar-refractivity contribution < 1.29 is 47.8 Å². The Kier molecular flexibility index (Phi) is 12.3. The van der Waals surface area contributed by atoms with Crippen molar-refractivity contribution in [2.75, 3.05) is 13.1 Å². The highest BCUT2D eigenvalue weighted by Crippen LogP contribution is 2.41. The third-order valence-electron chi connectivity index (χ3n) is 8.35. The van der Waals surface area contributed by atoms with Gasteiger partial charge in [-0.15, -0.1) is 0 Å². The van der Waals surface area contributed by atoms with Crippen LogP contribution < -0.4 is 0 Å². The molecule has 2 saturated heterocycles. The Hall–Kier alpha value is -2.54. The summed E-state index contributed by atoms with van der Waals surface area (Å²) < 4.78 is 29.0. The highest BCUT2D eigenvalue weighted by molar-refractivity contribution is 6.45. The summed E-state index contributed by atoms with van der Waals surface area (Å²) in [5.41, 5.74) is -4.91. The van der Waals surface area contributed by atoms with Gasteiger partial charge < -0.3 is 33.5 Å². The Morgan fingerprint density at radius 2 is 1.35 bits per heavy atom. The van der Waals surface area contributed by atoms with E-state index in [1.165, 1.54) is 9.80 Å². The molecule has 0 bridgehead atoms. The van der Waals surface area contributed by atoms with Gasteiger partial charge in [0.15, 0.2) is 0 Å². The summed E-state index contributed by atoms with van der Waals surface area (Å²) in [7, 11) is -0.420. The van der Waals surface area contributed by atoms with Crippen LogP contribution in [0.15, 0.2) is 0 Å². The molecule has 46 heavy (non-hydrogen) atoms. The van der Waals surface area contributed by atoms with Gasteiger partial charge in [0.05, 0.1) is 17.2 Å². The number of esters is 1. The molecule has 2 rings (SSSR count). The van der Waals surface area contributed by atoms with Gasteiger partial charge in [0.25, 0.3) is 0 Å². The maximum atomic E-state index is 13.6. The van der Waals surface area contributed by atoms with E-state index in [2.05, 4.69) is 0 Å². The van der Waals surface area contributed by atoms with E-state index in [0.29, 0.717) is 19.2 Å². The maximum Gasteiger partial charge on any atom is 0.457 e. The molecular weight excluding hydrogens is 595 g/mol.